The first-order valence-electron chi connectivity index (χ1n) is 8.48. The summed E-state index contributed by atoms with van der Waals surface area (Å²) in [5, 5.41) is 22.1. The van der Waals surface area contributed by atoms with Crippen LogP contribution in [0.1, 0.15) is 28.4 Å². The third-order valence-corrected chi connectivity index (χ3v) is 4.53. The van der Waals surface area contributed by atoms with Gasteiger partial charge in [-0.1, -0.05) is 36.4 Å². The van der Waals surface area contributed by atoms with Crippen LogP contribution in [0.4, 0.5) is 0 Å². The fourth-order valence-corrected chi connectivity index (χ4v) is 3.26. The van der Waals surface area contributed by atoms with Crippen molar-refractivity contribution in [3.05, 3.63) is 53.1 Å². The topological polar surface area (TPSA) is 113 Å². The zero-order valence-corrected chi connectivity index (χ0v) is 14.6. The van der Waals surface area contributed by atoms with Crippen molar-refractivity contribution in [1.29, 1.82) is 0 Å². The molecule has 1 aliphatic heterocycles. The van der Waals surface area contributed by atoms with Gasteiger partial charge in [-0.15, -0.1) is 0 Å². The minimum atomic E-state index is -1.14. The molecule has 0 aliphatic carbocycles. The number of phenolic OH excluding ortho intramolecular Hbond substituents is 1. The number of ether oxygens (including phenoxy) is 1. The number of aliphatic carboxylic acids is 1. The number of carboxylic acids is 1. The number of nitrogens with one attached hydrogen (secondary N) is 1. The van der Waals surface area contributed by atoms with Gasteiger partial charge in [0.1, 0.15) is 23.5 Å². The van der Waals surface area contributed by atoms with Crippen molar-refractivity contribution in [2.75, 3.05) is 0 Å². The van der Waals surface area contributed by atoms with E-state index in [0.29, 0.717) is 29.5 Å². The summed E-state index contributed by atoms with van der Waals surface area (Å²) in [5.74, 6) is -1.84. The quantitative estimate of drug-likeness (QED) is 0.529. The molecule has 7 nitrogen and oxygen atoms in total. The van der Waals surface area contributed by atoms with Crippen LogP contribution in [0.25, 0.3) is 11.1 Å². The molecular weight excluding hydrogens is 350 g/mol. The molecule has 1 heterocycles. The second-order valence-corrected chi connectivity index (χ2v) is 6.50. The molecule has 2 atom stereocenters. The molecular formula is C20H19NO6. The SMILES string of the molecule is CC1Cc2ccc(-c3cccc(CC(NC=O)C(=O)O)c3)c(O)c2C(=O)O1. The van der Waals surface area contributed by atoms with E-state index in [4.69, 9.17) is 9.84 Å². The van der Waals surface area contributed by atoms with Gasteiger partial charge in [-0.3, -0.25) is 4.79 Å². The highest BCUT2D eigenvalue weighted by molar-refractivity contribution is 5.98. The standard InChI is InChI=1S/C20H19NO6/c1-11-7-14-5-6-15(18(23)17(14)20(26)27-11)13-4-2-3-12(8-13)9-16(19(24)25)21-10-22/h2-6,8,10-11,16,23H,7,9H2,1H3,(H,21,22)(H,24,25). The normalized spacial score (nSPS) is 16.8. The van der Waals surface area contributed by atoms with E-state index in [1.165, 1.54) is 0 Å². The van der Waals surface area contributed by atoms with Crippen molar-refractivity contribution in [2.24, 2.45) is 0 Å². The molecule has 0 aromatic heterocycles. The summed E-state index contributed by atoms with van der Waals surface area (Å²) >= 11 is 0. The van der Waals surface area contributed by atoms with Crippen LogP contribution in [0.15, 0.2) is 36.4 Å². The Morgan fingerprint density at radius 2 is 2.15 bits per heavy atom. The summed E-state index contributed by atoms with van der Waals surface area (Å²) in [4.78, 5) is 34.0. The van der Waals surface area contributed by atoms with Gasteiger partial charge in [0, 0.05) is 18.4 Å². The van der Waals surface area contributed by atoms with Crippen LogP contribution < -0.4 is 5.32 Å². The van der Waals surface area contributed by atoms with Crippen LogP contribution in [0.3, 0.4) is 0 Å². The van der Waals surface area contributed by atoms with Crippen molar-refractivity contribution in [1.82, 2.24) is 5.32 Å². The molecule has 0 bridgehead atoms. The number of aromatic hydroxyl groups is 1. The second-order valence-electron chi connectivity index (χ2n) is 6.50. The van der Waals surface area contributed by atoms with Gasteiger partial charge in [-0.25, -0.2) is 9.59 Å². The number of benzene rings is 2. The number of fused-ring (bicyclic) bond motifs is 1. The number of phenols is 1. The predicted octanol–water partition coefficient (Wildman–Crippen LogP) is 1.90. The van der Waals surface area contributed by atoms with Gasteiger partial charge in [-0.05, 0) is 23.6 Å². The maximum atomic E-state index is 12.2. The number of amides is 1. The van der Waals surface area contributed by atoms with Crippen LogP contribution >= 0.6 is 0 Å². The van der Waals surface area contributed by atoms with Gasteiger partial charge in [0.05, 0.1) is 0 Å². The molecule has 0 fully saturated rings. The Bertz CT molecular complexity index is 907. The lowest BCUT2D eigenvalue weighted by molar-refractivity contribution is -0.140. The van der Waals surface area contributed by atoms with Crippen molar-refractivity contribution in [2.45, 2.75) is 31.9 Å². The summed E-state index contributed by atoms with van der Waals surface area (Å²) < 4.78 is 5.21. The first-order valence-corrected chi connectivity index (χ1v) is 8.48. The van der Waals surface area contributed by atoms with Crippen molar-refractivity contribution >= 4 is 18.3 Å². The summed E-state index contributed by atoms with van der Waals surface area (Å²) in [7, 11) is 0. The molecule has 140 valence electrons. The van der Waals surface area contributed by atoms with E-state index in [2.05, 4.69) is 5.32 Å². The number of hydrogen-bond donors (Lipinski definition) is 3. The van der Waals surface area contributed by atoms with Gasteiger partial charge in [0.2, 0.25) is 6.41 Å². The minimum absolute atomic E-state index is 0.0904. The number of rotatable bonds is 6. The molecule has 1 amide bonds. The van der Waals surface area contributed by atoms with Gasteiger partial charge < -0.3 is 20.3 Å². The zero-order chi connectivity index (χ0) is 19.6. The monoisotopic (exact) mass is 369 g/mol. The van der Waals surface area contributed by atoms with E-state index >= 15 is 0 Å². The van der Waals surface area contributed by atoms with Gasteiger partial charge in [-0.2, -0.15) is 0 Å². The van der Waals surface area contributed by atoms with Crippen molar-refractivity contribution in [3.63, 3.8) is 0 Å². The Hall–Kier alpha value is -3.35. The molecule has 27 heavy (non-hydrogen) atoms. The Morgan fingerprint density at radius 1 is 1.37 bits per heavy atom. The molecule has 2 unspecified atom stereocenters. The number of hydrogen-bond acceptors (Lipinski definition) is 5. The summed E-state index contributed by atoms with van der Waals surface area (Å²) in [5.41, 5.74) is 2.66. The van der Waals surface area contributed by atoms with Crippen LogP contribution in [0.5, 0.6) is 5.75 Å². The average molecular weight is 369 g/mol. The Morgan fingerprint density at radius 3 is 2.85 bits per heavy atom. The summed E-state index contributed by atoms with van der Waals surface area (Å²) in [6.07, 6.45) is 0.737. The van der Waals surface area contributed by atoms with Crippen LogP contribution in [-0.4, -0.2) is 40.7 Å². The fourth-order valence-electron chi connectivity index (χ4n) is 3.26. The zero-order valence-electron chi connectivity index (χ0n) is 14.6. The Kier molecular flexibility index (Phi) is 5.12. The van der Waals surface area contributed by atoms with E-state index in [1.807, 2.05) is 0 Å². The smallest absolute Gasteiger partial charge is 0.342 e. The van der Waals surface area contributed by atoms with Gasteiger partial charge in [0.25, 0.3) is 0 Å². The number of carboxylic acid groups (broad SMARTS) is 1. The number of cyclic esters (lactones) is 1. The van der Waals surface area contributed by atoms with E-state index in [0.717, 1.165) is 5.56 Å². The molecule has 0 saturated heterocycles. The van der Waals surface area contributed by atoms with Crippen molar-refractivity contribution in [3.8, 4) is 16.9 Å². The largest absolute Gasteiger partial charge is 0.506 e. The van der Waals surface area contributed by atoms with Crippen molar-refractivity contribution < 1.29 is 29.3 Å². The highest BCUT2D eigenvalue weighted by Gasteiger charge is 2.28. The maximum absolute atomic E-state index is 12.2. The van der Waals surface area contributed by atoms with Crippen LogP contribution in [0, 0.1) is 0 Å². The summed E-state index contributed by atoms with van der Waals surface area (Å²) in [6, 6.07) is 9.41. The molecule has 7 heteroatoms. The lowest BCUT2D eigenvalue weighted by atomic mass is 9.92. The Labute approximate surface area is 155 Å². The van der Waals surface area contributed by atoms with Crippen LogP contribution in [-0.2, 0) is 27.2 Å². The minimum Gasteiger partial charge on any atom is -0.506 e. The lowest BCUT2D eigenvalue weighted by Gasteiger charge is -2.23. The first kappa shape index (κ1) is 18.4. The Balaban J connectivity index is 1.96. The third-order valence-electron chi connectivity index (χ3n) is 4.53. The molecule has 3 N–H and O–H groups in total. The van der Waals surface area contributed by atoms with E-state index in [1.54, 1.807) is 43.3 Å². The third kappa shape index (κ3) is 3.76. The van der Waals surface area contributed by atoms with Crippen LogP contribution in [0.2, 0.25) is 0 Å². The molecule has 0 saturated carbocycles. The lowest BCUT2D eigenvalue weighted by Crippen LogP contribution is -2.37. The molecule has 2 aromatic carbocycles. The number of carbonyl (C=O) groups is 3. The molecule has 3 rings (SSSR count). The fraction of sp³-hybridized carbons (Fsp3) is 0.250. The number of esters is 1. The first-order chi connectivity index (χ1) is 12.9. The van der Waals surface area contributed by atoms with Gasteiger partial charge in [0.15, 0.2) is 0 Å². The van der Waals surface area contributed by atoms with E-state index in [9.17, 15) is 19.5 Å². The van der Waals surface area contributed by atoms with Gasteiger partial charge >= 0.3 is 11.9 Å². The summed E-state index contributed by atoms with van der Waals surface area (Å²) in [6.45, 7) is 1.79. The second kappa shape index (κ2) is 7.49. The van der Waals surface area contributed by atoms with E-state index < -0.39 is 18.0 Å². The predicted molar refractivity (Wildman–Crippen MR) is 96.5 cm³/mol. The molecule has 0 spiro atoms. The molecule has 1 aliphatic rings. The highest BCUT2D eigenvalue weighted by Crippen LogP contribution is 2.37. The highest BCUT2D eigenvalue weighted by atomic mass is 16.5. The average Bonchev–Trinajstić information content (AvgIpc) is 2.61. The molecule has 2 aromatic rings. The molecule has 0 radical (unpaired) electrons. The maximum Gasteiger partial charge on any atom is 0.342 e. The van der Waals surface area contributed by atoms with E-state index in [-0.39, 0.29) is 23.8 Å². The number of carbonyl (C=O) groups excluding carboxylic acids is 2.